The van der Waals surface area contributed by atoms with Crippen molar-refractivity contribution in [2.75, 3.05) is 5.32 Å². The summed E-state index contributed by atoms with van der Waals surface area (Å²) in [6.45, 7) is 4.01. The molecule has 3 aromatic rings. The van der Waals surface area contributed by atoms with Gasteiger partial charge in [-0.2, -0.15) is 0 Å². The largest absolute Gasteiger partial charge is 0.376 e. The van der Waals surface area contributed by atoms with Crippen LogP contribution in [-0.2, 0) is 0 Å². The van der Waals surface area contributed by atoms with Gasteiger partial charge in [0.05, 0.1) is 16.3 Å². The summed E-state index contributed by atoms with van der Waals surface area (Å²) in [4.78, 5) is 4.62. The van der Waals surface area contributed by atoms with Crippen LogP contribution in [0.15, 0.2) is 42.5 Å². The molecule has 0 amide bonds. The number of aromatic nitrogens is 1. The van der Waals surface area contributed by atoms with Crippen molar-refractivity contribution in [3.05, 3.63) is 58.9 Å². The Bertz CT molecular complexity index is 718. The summed E-state index contributed by atoms with van der Waals surface area (Å²) in [6.07, 6.45) is 0. The van der Waals surface area contributed by atoms with Gasteiger partial charge in [0.25, 0.3) is 0 Å². The smallest absolute Gasteiger partial charge is 0.125 e. The zero-order valence-corrected chi connectivity index (χ0v) is 12.2. The molecule has 0 saturated heterocycles. The molecule has 0 radical (unpaired) electrons. The number of benzene rings is 2. The van der Waals surface area contributed by atoms with Gasteiger partial charge in [-0.15, -0.1) is 11.3 Å². The maximum absolute atomic E-state index is 13.3. The molecule has 1 aromatic heterocycles. The van der Waals surface area contributed by atoms with E-state index in [1.807, 2.05) is 32.0 Å². The van der Waals surface area contributed by atoms with Gasteiger partial charge in [-0.25, -0.2) is 9.37 Å². The topological polar surface area (TPSA) is 24.9 Å². The van der Waals surface area contributed by atoms with Gasteiger partial charge in [0, 0.05) is 5.69 Å². The van der Waals surface area contributed by atoms with Crippen LogP contribution in [0.5, 0.6) is 0 Å². The van der Waals surface area contributed by atoms with Crippen molar-refractivity contribution >= 4 is 27.2 Å². The van der Waals surface area contributed by atoms with Gasteiger partial charge in [-0.3, -0.25) is 0 Å². The number of nitrogens with one attached hydrogen (secondary N) is 1. The summed E-state index contributed by atoms with van der Waals surface area (Å²) in [6, 6.07) is 12.9. The normalized spacial score (nSPS) is 12.6. The molecule has 1 atom stereocenters. The molecule has 20 heavy (non-hydrogen) atoms. The first kappa shape index (κ1) is 13.1. The molecule has 0 saturated carbocycles. The van der Waals surface area contributed by atoms with E-state index in [2.05, 4.69) is 16.4 Å². The van der Waals surface area contributed by atoms with Crippen LogP contribution >= 0.6 is 11.3 Å². The number of anilines is 1. The predicted molar refractivity (Wildman–Crippen MR) is 82.8 cm³/mol. The van der Waals surface area contributed by atoms with Crippen LogP contribution in [-0.4, -0.2) is 4.98 Å². The fourth-order valence-corrected chi connectivity index (χ4v) is 3.09. The minimum atomic E-state index is -0.227. The highest BCUT2D eigenvalue weighted by atomic mass is 32.1. The molecule has 0 bridgehead atoms. The second-order valence-corrected chi connectivity index (χ2v) is 5.91. The molecule has 0 fully saturated rings. The van der Waals surface area contributed by atoms with Crippen LogP contribution in [0, 0.1) is 12.7 Å². The number of aryl methyl sites for hydroxylation is 1. The number of thiazole rings is 1. The first-order valence-corrected chi connectivity index (χ1v) is 7.33. The van der Waals surface area contributed by atoms with Crippen LogP contribution < -0.4 is 5.32 Å². The summed E-state index contributed by atoms with van der Waals surface area (Å²) in [7, 11) is 0. The van der Waals surface area contributed by atoms with Crippen molar-refractivity contribution < 1.29 is 4.39 Å². The van der Waals surface area contributed by atoms with Crippen molar-refractivity contribution in [1.29, 1.82) is 0 Å². The van der Waals surface area contributed by atoms with E-state index in [1.165, 1.54) is 16.8 Å². The first-order valence-electron chi connectivity index (χ1n) is 6.51. The highest BCUT2D eigenvalue weighted by Crippen LogP contribution is 2.29. The van der Waals surface area contributed by atoms with Crippen LogP contribution in [0.4, 0.5) is 10.1 Å². The number of hydrogen-bond donors (Lipinski definition) is 1. The molecule has 0 spiro atoms. The Kier molecular flexibility index (Phi) is 3.40. The second-order valence-electron chi connectivity index (χ2n) is 4.85. The third-order valence-electron chi connectivity index (χ3n) is 3.25. The molecular formula is C16H15FN2S. The molecule has 0 aliphatic carbocycles. The maximum Gasteiger partial charge on any atom is 0.125 e. The van der Waals surface area contributed by atoms with Crippen LogP contribution in [0.1, 0.15) is 23.5 Å². The minimum absolute atomic E-state index is 0.0490. The molecule has 1 heterocycles. The average molecular weight is 286 g/mol. The number of nitrogens with zero attached hydrogens (tertiary/aromatic N) is 1. The van der Waals surface area contributed by atoms with Gasteiger partial charge in [-0.05, 0) is 43.7 Å². The third-order valence-corrected chi connectivity index (χ3v) is 4.47. The van der Waals surface area contributed by atoms with Crippen molar-refractivity contribution in [2.45, 2.75) is 19.9 Å². The Hall–Kier alpha value is -1.94. The third kappa shape index (κ3) is 2.51. The lowest BCUT2D eigenvalue weighted by Gasteiger charge is -2.14. The van der Waals surface area contributed by atoms with E-state index < -0.39 is 0 Å². The van der Waals surface area contributed by atoms with Gasteiger partial charge < -0.3 is 5.32 Å². The van der Waals surface area contributed by atoms with E-state index in [0.29, 0.717) is 0 Å². The van der Waals surface area contributed by atoms with Crippen LogP contribution in [0.25, 0.3) is 10.2 Å². The lowest BCUT2D eigenvalue weighted by molar-refractivity contribution is 0.627. The Morgan fingerprint density at radius 1 is 1.20 bits per heavy atom. The van der Waals surface area contributed by atoms with E-state index in [0.717, 1.165) is 21.8 Å². The zero-order valence-electron chi connectivity index (χ0n) is 11.4. The minimum Gasteiger partial charge on any atom is -0.376 e. The number of para-hydroxylation sites is 1. The fourth-order valence-electron chi connectivity index (χ4n) is 2.12. The molecule has 4 heteroatoms. The lowest BCUT2D eigenvalue weighted by atomic mass is 10.2. The summed E-state index contributed by atoms with van der Waals surface area (Å²) >= 11 is 1.67. The average Bonchev–Trinajstić information content (AvgIpc) is 2.87. The summed E-state index contributed by atoms with van der Waals surface area (Å²) in [5, 5.41) is 4.35. The summed E-state index contributed by atoms with van der Waals surface area (Å²) in [5.41, 5.74) is 2.85. The summed E-state index contributed by atoms with van der Waals surface area (Å²) in [5.74, 6) is -0.227. The van der Waals surface area contributed by atoms with Gasteiger partial charge in [-0.1, -0.05) is 18.2 Å². The number of halogens is 1. The van der Waals surface area contributed by atoms with Gasteiger partial charge in [0.2, 0.25) is 0 Å². The lowest BCUT2D eigenvalue weighted by Crippen LogP contribution is -2.07. The van der Waals surface area contributed by atoms with E-state index >= 15 is 0 Å². The van der Waals surface area contributed by atoms with Crippen molar-refractivity contribution in [3.63, 3.8) is 0 Å². The number of hydrogen-bond acceptors (Lipinski definition) is 3. The quantitative estimate of drug-likeness (QED) is 0.739. The van der Waals surface area contributed by atoms with E-state index in [4.69, 9.17) is 0 Å². The van der Waals surface area contributed by atoms with Gasteiger partial charge in [0.1, 0.15) is 10.8 Å². The highest BCUT2D eigenvalue weighted by Gasteiger charge is 2.12. The van der Waals surface area contributed by atoms with Crippen LogP contribution in [0.3, 0.4) is 0 Å². The van der Waals surface area contributed by atoms with E-state index in [1.54, 1.807) is 17.4 Å². The Morgan fingerprint density at radius 2 is 2.00 bits per heavy atom. The van der Waals surface area contributed by atoms with E-state index in [9.17, 15) is 4.39 Å². The van der Waals surface area contributed by atoms with Crippen molar-refractivity contribution in [1.82, 2.24) is 4.98 Å². The SMILES string of the molecule is Cc1ccc(F)cc1NC(C)c1nc2ccccc2s1. The van der Waals surface area contributed by atoms with Gasteiger partial charge in [0.15, 0.2) is 0 Å². The molecule has 1 unspecified atom stereocenters. The maximum atomic E-state index is 13.3. The predicted octanol–water partition coefficient (Wildman–Crippen LogP) is 4.92. The first-order chi connectivity index (χ1) is 9.63. The number of fused-ring (bicyclic) bond motifs is 1. The second kappa shape index (κ2) is 5.21. The summed E-state index contributed by atoms with van der Waals surface area (Å²) < 4.78 is 14.5. The Morgan fingerprint density at radius 3 is 2.80 bits per heavy atom. The Balaban J connectivity index is 1.88. The molecule has 3 rings (SSSR count). The molecule has 2 aromatic carbocycles. The monoisotopic (exact) mass is 286 g/mol. The fraction of sp³-hybridized carbons (Fsp3) is 0.188. The molecular weight excluding hydrogens is 271 g/mol. The van der Waals surface area contributed by atoms with Crippen LogP contribution in [0.2, 0.25) is 0 Å². The zero-order chi connectivity index (χ0) is 14.1. The molecule has 2 nitrogen and oxygen atoms in total. The van der Waals surface area contributed by atoms with E-state index in [-0.39, 0.29) is 11.9 Å². The van der Waals surface area contributed by atoms with Gasteiger partial charge >= 0.3 is 0 Å². The number of rotatable bonds is 3. The van der Waals surface area contributed by atoms with Crippen molar-refractivity contribution in [2.24, 2.45) is 0 Å². The highest BCUT2D eigenvalue weighted by molar-refractivity contribution is 7.18. The standard InChI is InChI=1S/C16H15FN2S/c1-10-7-8-12(17)9-14(10)18-11(2)16-19-13-5-3-4-6-15(13)20-16/h3-9,11,18H,1-2H3. The molecule has 0 aliphatic rings. The van der Waals surface area contributed by atoms with Crippen molar-refractivity contribution in [3.8, 4) is 0 Å². The molecule has 102 valence electrons. The molecule has 0 aliphatic heterocycles. The molecule has 1 N–H and O–H groups in total. The Labute approximate surface area is 121 Å².